The number of benzene rings is 2. The van der Waals surface area contributed by atoms with Crippen molar-refractivity contribution in [2.45, 2.75) is 27.3 Å². The first-order valence-electron chi connectivity index (χ1n) is 10.2. The zero-order chi connectivity index (χ0) is 22.0. The number of furan rings is 1. The Morgan fingerprint density at radius 3 is 2.45 bits per heavy atom. The largest absolute Gasteiger partial charge is 0.463 e. The van der Waals surface area contributed by atoms with Gasteiger partial charge in [0.15, 0.2) is 11.2 Å². The van der Waals surface area contributed by atoms with Crippen molar-refractivity contribution in [3.63, 3.8) is 0 Å². The van der Waals surface area contributed by atoms with E-state index in [4.69, 9.17) is 4.42 Å². The summed E-state index contributed by atoms with van der Waals surface area (Å²) in [5.74, 6) is 0.0787. The Kier molecular flexibility index (Phi) is 5.58. The summed E-state index contributed by atoms with van der Waals surface area (Å²) in [6, 6.07) is 20.5. The second kappa shape index (κ2) is 8.48. The number of aryl methyl sites for hydroxylation is 2. The van der Waals surface area contributed by atoms with Crippen LogP contribution in [0.25, 0.3) is 11.5 Å². The highest BCUT2D eigenvalue weighted by atomic mass is 16.3. The number of nitrogens with zero attached hydrogens (tertiary/aromatic N) is 1. The number of anilines is 1. The molecular formula is C26H24N2O3. The summed E-state index contributed by atoms with van der Waals surface area (Å²) in [5, 5.41) is 0. The summed E-state index contributed by atoms with van der Waals surface area (Å²) < 4.78 is 5.53. The van der Waals surface area contributed by atoms with E-state index < -0.39 is 0 Å². The minimum atomic E-state index is -0.370. The van der Waals surface area contributed by atoms with Crippen LogP contribution in [-0.2, 0) is 6.54 Å². The fourth-order valence-corrected chi connectivity index (χ4v) is 3.70. The topological polar surface area (TPSA) is 66.3 Å². The number of aromatic nitrogens is 1. The molecule has 0 radical (unpaired) electrons. The molecule has 0 aliphatic heterocycles. The molecule has 0 saturated heterocycles. The third-order valence-electron chi connectivity index (χ3n) is 5.44. The van der Waals surface area contributed by atoms with Gasteiger partial charge in [-0.15, -0.1) is 0 Å². The van der Waals surface area contributed by atoms with Crippen LogP contribution >= 0.6 is 0 Å². The maximum atomic E-state index is 13.9. The molecule has 5 heteroatoms. The van der Waals surface area contributed by atoms with Gasteiger partial charge in [-0.2, -0.15) is 0 Å². The van der Waals surface area contributed by atoms with Gasteiger partial charge in [0.1, 0.15) is 5.56 Å². The first-order valence-corrected chi connectivity index (χ1v) is 10.2. The predicted molar refractivity (Wildman–Crippen MR) is 122 cm³/mol. The molecule has 1 amide bonds. The minimum Gasteiger partial charge on any atom is -0.463 e. The Morgan fingerprint density at radius 1 is 0.968 bits per heavy atom. The van der Waals surface area contributed by atoms with E-state index >= 15 is 0 Å². The summed E-state index contributed by atoms with van der Waals surface area (Å²) in [4.78, 5) is 31.8. The van der Waals surface area contributed by atoms with Gasteiger partial charge in [-0.1, -0.05) is 42.5 Å². The third kappa shape index (κ3) is 4.08. The summed E-state index contributed by atoms with van der Waals surface area (Å²) in [5.41, 5.74) is 4.60. The number of carbonyl (C=O) groups is 1. The number of carbonyl (C=O) groups excluding carboxylic acids is 1. The molecule has 31 heavy (non-hydrogen) atoms. The average Bonchev–Trinajstić information content (AvgIpc) is 3.29. The molecule has 2 aromatic carbocycles. The van der Waals surface area contributed by atoms with Crippen LogP contribution in [0.2, 0.25) is 0 Å². The number of hydrogen-bond donors (Lipinski definition) is 1. The number of H-pyrrole nitrogens is 1. The lowest BCUT2D eigenvalue weighted by Gasteiger charge is -2.26. The van der Waals surface area contributed by atoms with Gasteiger partial charge in [0, 0.05) is 17.4 Å². The van der Waals surface area contributed by atoms with Crippen molar-refractivity contribution in [2.24, 2.45) is 0 Å². The highest BCUT2D eigenvalue weighted by Gasteiger charge is 2.27. The van der Waals surface area contributed by atoms with E-state index in [1.165, 1.54) is 12.3 Å². The standard InChI is InChI=1S/C26H24N2O3/c1-17-9-7-12-21(19(17)3)28(16-20-10-5-4-6-11-20)26(30)24-22(29)15-18(2)27-25(24)23-13-8-14-31-23/h4-15H,16H2,1-3H3,(H,27,29). The van der Waals surface area contributed by atoms with Crippen LogP contribution < -0.4 is 10.3 Å². The van der Waals surface area contributed by atoms with Crippen molar-refractivity contribution in [3.8, 4) is 11.5 Å². The monoisotopic (exact) mass is 412 g/mol. The van der Waals surface area contributed by atoms with E-state index in [-0.39, 0.29) is 16.9 Å². The molecule has 0 bridgehead atoms. The lowest BCUT2D eigenvalue weighted by Crippen LogP contribution is -2.35. The van der Waals surface area contributed by atoms with Crippen molar-refractivity contribution < 1.29 is 9.21 Å². The molecule has 0 aliphatic rings. The first kappa shape index (κ1) is 20.4. The molecule has 156 valence electrons. The summed E-state index contributed by atoms with van der Waals surface area (Å²) in [7, 11) is 0. The number of hydrogen-bond acceptors (Lipinski definition) is 3. The molecule has 1 N–H and O–H groups in total. The predicted octanol–water partition coefficient (Wildman–Crippen LogP) is 5.41. The average molecular weight is 412 g/mol. The lowest BCUT2D eigenvalue weighted by molar-refractivity contribution is 0.0984. The Morgan fingerprint density at radius 2 is 1.74 bits per heavy atom. The molecule has 5 nitrogen and oxygen atoms in total. The maximum absolute atomic E-state index is 13.9. The van der Waals surface area contributed by atoms with Crippen LogP contribution in [0.5, 0.6) is 0 Å². The highest BCUT2D eigenvalue weighted by Crippen LogP contribution is 2.28. The quantitative estimate of drug-likeness (QED) is 0.477. The van der Waals surface area contributed by atoms with Gasteiger partial charge in [-0.3, -0.25) is 9.59 Å². The zero-order valence-electron chi connectivity index (χ0n) is 17.8. The smallest absolute Gasteiger partial charge is 0.264 e. The van der Waals surface area contributed by atoms with Gasteiger partial charge in [0.2, 0.25) is 0 Å². The van der Waals surface area contributed by atoms with Gasteiger partial charge in [-0.25, -0.2) is 0 Å². The molecular weight excluding hydrogens is 388 g/mol. The molecule has 0 saturated carbocycles. The molecule has 0 atom stereocenters. The molecule has 0 unspecified atom stereocenters. The second-order valence-corrected chi connectivity index (χ2v) is 7.64. The molecule has 0 fully saturated rings. The summed E-state index contributed by atoms with van der Waals surface area (Å²) in [6.07, 6.45) is 1.52. The van der Waals surface area contributed by atoms with Crippen LogP contribution in [0, 0.1) is 20.8 Å². The number of nitrogens with one attached hydrogen (secondary N) is 1. The second-order valence-electron chi connectivity index (χ2n) is 7.64. The molecule has 4 rings (SSSR count). The van der Waals surface area contributed by atoms with Crippen LogP contribution in [-0.4, -0.2) is 10.9 Å². The fraction of sp³-hybridized carbons (Fsp3) is 0.154. The number of aromatic amines is 1. The first-order chi connectivity index (χ1) is 15.0. The fourth-order valence-electron chi connectivity index (χ4n) is 3.70. The molecule has 0 spiro atoms. The Bertz CT molecular complexity index is 1270. The van der Waals surface area contributed by atoms with E-state index in [1.807, 2.05) is 62.4 Å². The number of amides is 1. The van der Waals surface area contributed by atoms with E-state index in [0.717, 1.165) is 22.4 Å². The molecule has 0 aliphatic carbocycles. The maximum Gasteiger partial charge on any atom is 0.264 e. The van der Waals surface area contributed by atoms with Crippen LogP contribution in [0.15, 0.2) is 82.2 Å². The van der Waals surface area contributed by atoms with Crippen molar-refractivity contribution >= 4 is 11.6 Å². The van der Waals surface area contributed by atoms with Gasteiger partial charge < -0.3 is 14.3 Å². The summed E-state index contributed by atoms with van der Waals surface area (Å²) in [6.45, 7) is 6.13. The SMILES string of the molecule is Cc1cc(=O)c(C(=O)N(Cc2ccccc2)c2cccc(C)c2C)c(-c2ccco2)[nH]1. The molecule has 2 heterocycles. The van der Waals surface area contributed by atoms with Gasteiger partial charge >= 0.3 is 0 Å². The van der Waals surface area contributed by atoms with Gasteiger partial charge in [0.05, 0.1) is 18.5 Å². The number of rotatable bonds is 5. The van der Waals surface area contributed by atoms with Crippen molar-refractivity contribution in [1.29, 1.82) is 0 Å². The number of pyridine rings is 1. The minimum absolute atomic E-state index is 0.0670. The van der Waals surface area contributed by atoms with E-state index in [0.29, 0.717) is 23.7 Å². The van der Waals surface area contributed by atoms with Crippen molar-refractivity contribution in [1.82, 2.24) is 4.98 Å². The highest BCUT2D eigenvalue weighted by molar-refractivity contribution is 6.09. The summed E-state index contributed by atoms with van der Waals surface area (Å²) >= 11 is 0. The van der Waals surface area contributed by atoms with Gasteiger partial charge in [0.25, 0.3) is 5.91 Å². The van der Waals surface area contributed by atoms with Crippen LogP contribution in [0.3, 0.4) is 0 Å². The zero-order valence-corrected chi connectivity index (χ0v) is 17.8. The van der Waals surface area contributed by atoms with Crippen LogP contribution in [0.4, 0.5) is 5.69 Å². The molecule has 4 aromatic rings. The van der Waals surface area contributed by atoms with E-state index in [2.05, 4.69) is 4.98 Å². The lowest BCUT2D eigenvalue weighted by atomic mass is 10.0. The van der Waals surface area contributed by atoms with E-state index in [1.54, 1.807) is 24.0 Å². The van der Waals surface area contributed by atoms with Crippen LogP contribution in [0.1, 0.15) is 32.7 Å². The van der Waals surface area contributed by atoms with Gasteiger partial charge in [-0.05, 0) is 55.7 Å². The third-order valence-corrected chi connectivity index (χ3v) is 5.44. The Hall–Kier alpha value is -3.86. The normalized spacial score (nSPS) is 10.8. The van der Waals surface area contributed by atoms with E-state index in [9.17, 15) is 9.59 Å². The van der Waals surface area contributed by atoms with Crippen molar-refractivity contribution in [2.75, 3.05) is 4.90 Å². The Labute approximate surface area is 181 Å². The van der Waals surface area contributed by atoms with Crippen molar-refractivity contribution in [3.05, 3.63) is 111 Å². The Balaban J connectivity index is 1.89. The molecule has 2 aromatic heterocycles.